The van der Waals surface area contributed by atoms with E-state index in [0.717, 1.165) is 12.0 Å². The van der Waals surface area contributed by atoms with Crippen molar-refractivity contribution in [2.24, 2.45) is 5.73 Å². The van der Waals surface area contributed by atoms with Gasteiger partial charge in [-0.05, 0) is 24.0 Å². The minimum Gasteiger partial charge on any atom is -0.385 e. The van der Waals surface area contributed by atoms with E-state index in [1.165, 1.54) is 5.56 Å². The van der Waals surface area contributed by atoms with Gasteiger partial charge in [-0.25, -0.2) is 0 Å². The third-order valence-corrected chi connectivity index (χ3v) is 2.92. The minimum absolute atomic E-state index is 0.127. The lowest BCUT2D eigenvalue weighted by molar-refractivity contribution is -0.122. The second-order valence-electron chi connectivity index (χ2n) is 4.23. The van der Waals surface area contributed by atoms with Gasteiger partial charge in [0.25, 0.3) is 0 Å². The fourth-order valence-corrected chi connectivity index (χ4v) is 1.76. The van der Waals surface area contributed by atoms with Crippen molar-refractivity contribution >= 4 is 5.91 Å². The van der Waals surface area contributed by atoms with Crippen molar-refractivity contribution in [3.05, 3.63) is 35.4 Å². The summed E-state index contributed by atoms with van der Waals surface area (Å²) in [7, 11) is 1.60. The Labute approximate surface area is 109 Å². The number of benzene rings is 1. The molecular formula is C14H22N2O2. The molecule has 1 unspecified atom stereocenters. The molecule has 1 amide bonds. The summed E-state index contributed by atoms with van der Waals surface area (Å²) >= 11 is 0. The Morgan fingerprint density at radius 1 is 1.39 bits per heavy atom. The number of hydrogen-bond acceptors (Lipinski definition) is 3. The number of rotatable bonds is 7. The lowest BCUT2D eigenvalue weighted by Gasteiger charge is -2.13. The number of ether oxygens (including phenoxy) is 1. The van der Waals surface area contributed by atoms with Crippen LogP contribution in [0, 0.1) is 0 Å². The first kappa shape index (κ1) is 14.7. The van der Waals surface area contributed by atoms with Crippen LogP contribution < -0.4 is 11.1 Å². The van der Waals surface area contributed by atoms with Crippen LogP contribution in [-0.4, -0.2) is 25.7 Å². The zero-order valence-electron chi connectivity index (χ0n) is 11.1. The van der Waals surface area contributed by atoms with E-state index in [-0.39, 0.29) is 5.91 Å². The smallest absolute Gasteiger partial charge is 0.237 e. The van der Waals surface area contributed by atoms with Crippen molar-refractivity contribution in [1.29, 1.82) is 0 Å². The molecule has 0 aliphatic carbocycles. The molecule has 0 aliphatic heterocycles. The van der Waals surface area contributed by atoms with Gasteiger partial charge in [0.1, 0.15) is 0 Å². The van der Waals surface area contributed by atoms with Crippen molar-refractivity contribution in [2.45, 2.75) is 32.4 Å². The van der Waals surface area contributed by atoms with E-state index in [2.05, 4.69) is 18.3 Å². The van der Waals surface area contributed by atoms with Crippen molar-refractivity contribution in [2.75, 3.05) is 13.7 Å². The van der Waals surface area contributed by atoms with Crippen LogP contribution in [0.25, 0.3) is 0 Å². The first-order chi connectivity index (χ1) is 8.69. The summed E-state index contributed by atoms with van der Waals surface area (Å²) < 4.78 is 4.90. The van der Waals surface area contributed by atoms with Gasteiger partial charge < -0.3 is 15.8 Å². The van der Waals surface area contributed by atoms with Gasteiger partial charge in [-0.3, -0.25) is 4.79 Å². The molecular weight excluding hydrogens is 228 g/mol. The highest BCUT2D eigenvalue weighted by Crippen LogP contribution is 2.08. The predicted octanol–water partition coefficient (Wildman–Crippen LogP) is 1.23. The third kappa shape index (κ3) is 4.47. The molecule has 0 spiro atoms. The zero-order chi connectivity index (χ0) is 13.4. The van der Waals surface area contributed by atoms with Gasteiger partial charge in [0.15, 0.2) is 0 Å². The first-order valence-electron chi connectivity index (χ1n) is 6.28. The summed E-state index contributed by atoms with van der Waals surface area (Å²) in [5.41, 5.74) is 8.14. The van der Waals surface area contributed by atoms with Crippen LogP contribution in [0.5, 0.6) is 0 Å². The molecule has 1 atom stereocenters. The number of nitrogens with two attached hydrogens (primary N) is 1. The van der Waals surface area contributed by atoms with Crippen molar-refractivity contribution in [1.82, 2.24) is 5.32 Å². The fraction of sp³-hybridized carbons (Fsp3) is 0.500. The lowest BCUT2D eigenvalue weighted by atomic mass is 10.1. The quantitative estimate of drug-likeness (QED) is 0.765. The Bertz CT molecular complexity index is 380. The van der Waals surface area contributed by atoms with E-state index in [1.807, 2.05) is 18.2 Å². The number of hydrogen-bond donors (Lipinski definition) is 2. The standard InChI is InChI=1S/C14H22N2O2/c1-3-11-6-4-5-7-12(11)10-16-14(17)13(15)8-9-18-2/h4-7,13H,3,8-10,15H2,1-2H3,(H,16,17). The minimum atomic E-state index is -0.501. The molecule has 4 heteroatoms. The number of methoxy groups -OCH3 is 1. The normalized spacial score (nSPS) is 12.2. The molecule has 3 N–H and O–H groups in total. The monoisotopic (exact) mass is 250 g/mol. The van der Waals surface area contributed by atoms with Crippen LogP contribution in [0.15, 0.2) is 24.3 Å². The molecule has 100 valence electrons. The molecule has 0 saturated carbocycles. The Balaban J connectivity index is 2.46. The molecule has 1 aromatic carbocycles. The largest absolute Gasteiger partial charge is 0.385 e. The second kappa shape index (κ2) is 7.84. The van der Waals surface area contributed by atoms with Gasteiger partial charge in [0.05, 0.1) is 6.04 Å². The summed E-state index contributed by atoms with van der Waals surface area (Å²) in [5, 5.41) is 2.86. The number of amides is 1. The third-order valence-electron chi connectivity index (χ3n) is 2.92. The molecule has 1 rings (SSSR count). The summed E-state index contributed by atoms with van der Waals surface area (Å²) in [4.78, 5) is 11.7. The van der Waals surface area contributed by atoms with Crippen LogP contribution in [-0.2, 0) is 22.5 Å². The highest BCUT2D eigenvalue weighted by atomic mass is 16.5. The highest BCUT2D eigenvalue weighted by molar-refractivity contribution is 5.81. The van der Waals surface area contributed by atoms with Crippen molar-refractivity contribution in [3.8, 4) is 0 Å². The molecule has 0 saturated heterocycles. The Kier molecular flexibility index (Phi) is 6.39. The van der Waals surface area contributed by atoms with E-state index in [4.69, 9.17) is 10.5 Å². The summed E-state index contributed by atoms with van der Waals surface area (Å²) in [6.07, 6.45) is 1.50. The maximum Gasteiger partial charge on any atom is 0.237 e. The van der Waals surface area contributed by atoms with Gasteiger partial charge in [0.2, 0.25) is 5.91 Å². The topological polar surface area (TPSA) is 64.4 Å². The number of nitrogens with one attached hydrogen (secondary N) is 1. The number of carbonyl (C=O) groups is 1. The SMILES string of the molecule is CCc1ccccc1CNC(=O)C(N)CCOC. The molecule has 0 radical (unpaired) electrons. The first-order valence-corrected chi connectivity index (χ1v) is 6.28. The summed E-state index contributed by atoms with van der Waals surface area (Å²) in [5.74, 6) is -0.127. The van der Waals surface area contributed by atoms with Gasteiger partial charge in [-0.1, -0.05) is 31.2 Å². The van der Waals surface area contributed by atoms with Crippen molar-refractivity contribution in [3.63, 3.8) is 0 Å². The maximum atomic E-state index is 11.7. The average molecular weight is 250 g/mol. The molecule has 0 bridgehead atoms. The van der Waals surface area contributed by atoms with E-state index in [9.17, 15) is 4.79 Å². The van der Waals surface area contributed by atoms with Gasteiger partial charge in [0, 0.05) is 20.3 Å². The molecule has 0 fully saturated rings. The maximum absolute atomic E-state index is 11.7. The molecule has 0 aromatic heterocycles. The lowest BCUT2D eigenvalue weighted by Crippen LogP contribution is -2.41. The van der Waals surface area contributed by atoms with Crippen LogP contribution in [0.4, 0.5) is 0 Å². The molecule has 18 heavy (non-hydrogen) atoms. The van der Waals surface area contributed by atoms with Gasteiger partial charge in [-0.15, -0.1) is 0 Å². The Morgan fingerprint density at radius 3 is 2.67 bits per heavy atom. The van der Waals surface area contributed by atoms with Crippen LogP contribution >= 0.6 is 0 Å². The van der Waals surface area contributed by atoms with Crippen LogP contribution in [0.1, 0.15) is 24.5 Å². The molecule has 1 aromatic rings. The van der Waals surface area contributed by atoms with E-state index in [1.54, 1.807) is 7.11 Å². The van der Waals surface area contributed by atoms with Gasteiger partial charge in [-0.2, -0.15) is 0 Å². The van der Waals surface area contributed by atoms with Crippen molar-refractivity contribution < 1.29 is 9.53 Å². The molecule has 4 nitrogen and oxygen atoms in total. The van der Waals surface area contributed by atoms with E-state index >= 15 is 0 Å². The Morgan fingerprint density at radius 2 is 2.06 bits per heavy atom. The predicted molar refractivity (Wildman–Crippen MR) is 72.1 cm³/mol. The summed E-state index contributed by atoms with van der Waals surface area (Å²) in [6.45, 7) is 3.13. The number of carbonyl (C=O) groups excluding carboxylic acids is 1. The molecule has 0 aliphatic rings. The Hall–Kier alpha value is -1.39. The average Bonchev–Trinajstić information content (AvgIpc) is 2.42. The molecule has 0 heterocycles. The highest BCUT2D eigenvalue weighted by Gasteiger charge is 2.12. The summed E-state index contributed by atoms with van der Waals surface area (Å²) in [6, 6.07) is 7.59. The zero-order valence-corrected chi connectivity index (χ0v) is 11.1. The van der Waals surface area contributed by atoms with Crippen LogP contribution in [0.2, 0.25) is 0 Å². The van der Waals surface area contributed by atoms with E-state index < -0.39 is 6.04 Å². The fourth-order valence-electron chi connectivity index (χ4n) is 1.76. The van der Waals surface area contributed by atoms with Crippen LogP contribution in [0.3, 0.4) is 0 Å². The van der Waals surface area contributed by atoms with Gasteiger partial charge >= 0.3 is 0 Å². The number of aryl methyl sites for hydroxylation is 1. The second-order valence-corrected chi connectivity index (χ2v) is 4.23. The van der Waals surface area contributed by atoms with E-state index in [0.29, 0.717) is 19.6 Å².